The predicted octanol–water partition coefficient (Wildman–Crippen LogP) is 7.94. The zero-order valence-corrected chi connectivity index (χ0v) is 20.9. The number of hydrogen-bond acceptors (Lipinski definition) is 3. The van der Waals surface area contributed by atoms with Crippen LogP contribution in [-0.4, -0.2) is 24.0 Å². The predicted molar refractivity (Wildman–Crippen MR) is 142 cm³/mol. The number of anilines is 1. The summed E-state index contributed by atoms with van der Waals surface area (Å²) in [6.45, 7) is 23.8. The SMILES string of the molecule is C=C/C(=C\N=C(/C)C(C)(C)F)CNC(=C)c1cc(NC(CCC)CCC)cc(C(=C)C)c1. The minimum Gasteiger partial charge on any atom is -0.382 e. The molecule has 0 aliphatic carbocycles. The largest absolute Gasteiger partial charge is 0.382 e. The normalized spacial score (nSPS) is 12.6. The number of alkyl halides is 1. The van der Waals surface area contributed by atoms with Crippen molar-refractivity contribution in [3.63, 3.8) is 0 Å². The van der Waals surface area contributed by atoms with E-state index in [4.69, 9.17) is 0 Å². The van der Waals surface area contributed by atoms with Crippen LogP contribution < -0.4 is 10.6 Å². The molecule has 0 unspecified atom stereocenters. The molecule has 0 saturated heterocycles. The van der Waals surface area contributed by atoms with Crippen LogP contribution in [0.25, 0.3) is 11.3 Å². The van der Waals surface area contributed by atoms with E-state index in [1.165, 1.54) is 13.8 Å². The standard InChI is InChI=1S/C28H42FN3/c1-10-13-26(14-11-2)32-27-16-24(20(4)5)15-25(17-27)21(6)30-18-23(12-3)19-31-22(7)28(8,9)29/h12,15-17,19,26,30,32H,3-4,6,10-11,13-14,18H2,1-2,5,7-9H3/b23-19+,31-22+. The molecule has 0 atom stereocenters. The van der Waals surface area contributed by atoms with Crippen LogP contribution in [0.3, 0.4) is 0 Å². The van der Waals surface area contributed by atoms with Gasteiger partial charge in [-0.25, -0.2) is 4.39 Å². The van der Waals surface area contributed by atoms with Crippen molar-refractivity contribution < 1.29 is 4.39 Å². The van der Waals surface area contributed by atoms with Gasteiger partial charge in [0.1, 0.15) is 5.67 Å². The summed E-state index contributed by atoms with van der Waals surface area (Å²) in [6.07, 6.45) is 7.96. The van der Waals surface area contributed by atoms with Gasteiger partial charge in [0.2, 0.25) is 0 Å². The van der Waals surface area contributed by atoms with Gasteiger partial charge in [-0.05, 0) is 75.4 Å². The van der Waals surface area contributed by atoms with Crippen LogP contribution in [0.15, 0.2) is 60.8 Å². The number of allylic oxidation sites excluding steroid dienone is 1. The summed E-state index contributed by atoms with van der Waals surface area (Å²) in [7, 11) is 0. The van der Waals surface area contributed by atoms with E-state index >= 15 is 0 Å². The van der Waals surface area contributed by atoms with Gasteiger partial charge in [-0.1, -0.05) is 58.1 Å². The summed E-state index contributed by atoms with van der Waals surface area (Å²) in [5, 5.41) is 7.06. The Hall–Kier alpha value is -2.62. The molecule has 32 heavy (non-hydrogen) atoms. The molecule has 4 heteroatoms. The van der Waals surface area contributed by atoms with Crippen LogP contribution in [0, 0.1) is 0 Å². The number of nitrogens with one attached hydrogen (secondary N) is 2. The molecule has 1 rings (SSSR count). The smallest absolute Gasteiger partial charge is 0.143 e. The molecular weight excluding hydrogens is 397 g/mol. The lowest BCUT2D eigenvalue weighted by molar-refractivity contribution is 0.312. The maximum atomic E-state index is 14.0. The fourth-order valence-electron chi connectivity index (χ4n) is 3.17. The van der Waals surface area contributed by atoms with Crippen LogP contribution in [-0.2, 0) is 0 Å². The Morgan fingerprint density at radius 3 is 2.19 bits per heavy atom. The van der Waals surface area contributed by atoms with Crippen LogP contribution >= 0.6 is 0 Å². The van der Waals surface area contributed by atoms with E-state index in [0.29, 0.717) is 18.3 Å². The molecule has 3 nitrogen and oxygen atoms in total. The molecule has 0 spiro atoms. The molecule has 2 N–H and O–H groups in total. The fourth-order valence-corrected chi connectivity index (χ4v) is 3.17. The number of rotatable bonds is 14. The third-order valence-corrected chi connectivity index (χ3v) is 5.47. The summed E-state index contributed by atoms with van der Waals surface area (Å²) < 4.78 is 14.0. The average Bonchev–Trinajstić information content (AvgIpc) is 2.72. The lowest BCUT2D eigenvalue weighted by Crippen LogP contribution is -2.22. The summed E-state index contributed by atoms with van der Waals surface area (Å²) >= 11 is 0. The molecule has 0 radical (unpaired) electrons. The van der Waals surface area contributed by atoms with Crippen molar-refractivity contribution in [2.24, 2.45) is 4.99 Å². The molecular formula is C28H42FN3. The molecule has 0 fully saturated rings. The molecule has 176 valence electrons. The first-order valence-electron chi connectivity index (χ1n) is 11.6. The van der Waals surface area contributed by atoms with Crippen molar-refractivity contribution in [2.75, 3.05) is 11.9 Å². The Morgan fingerprint density at radius 1 is 1.09 bits per heavy atom. The second-order valence-corrected chi connectivity index (χ2v) is 8.93. The Balaban J connectivity index is 3.05. The van der Waals surface area contributed by atoms with Crippen molar-refractivity contribution in [2.45, 2.75) is 78.9 Å². The lowest BCUT2D eigenvalue weighted by Gasteiger charge is -2.21. The summed E-state index contributed by atoms with van der Waals surface area (Å²) in [5.74, 6) is 0. The van der Waals surface area contributed by atoms with Gasteiger partial charge in [-0.15, -0.1) is 0 Å². The van der Waals surface area contributed by atoms with Crippen LogP contribution in [0.5, 0.6) is 0 Å². The van der Waals surface area contributed by atoms with Gasteiger partial charge in [0.15, 0.2) is 0 Å². The first kappa shape index (κ1) is 27.4. The minimum absolute atomic E-state index is 0.425. The van der Waals surface area contributed by atoms with Gasteiger partial charge < -0.3 is 10.6 Å². The number of benzene rings is 1. The van der Waals surface area contributed by atoms with Crippen molar-refractivity contribution in [3.05, 3.63) is 66.9 Å². The van der Waals surface area contributed by atoms with E-state index in [0.717, 1.165) is 59.3 Å². The van der Waals surface area contributed by atoms with E-state index in [9.17, 15) is 4.39 Å². The molecule has 0 aliphatic rings. The molecule has 1 aromatic rings. The second kappa shape index (κ2) is 13.0. The Labute approximate surface area is 195 Å². The molecule has 0 aromatic heterocycles. The number of nitrogens with zero attached hydrogens (tertiary/aromatic N) is 1. The monoisotopic (exact) mass is 439 g/mol. The first-order valence-corrected chi connectivity index (χ1v) is 11.6. The number of aliphatic imine (C=N–C) groups is 1. The van der Waals surface area contributed by atoms with E-state index in [-0.39, 0.29) is 0 Å². The van der Waals surface area contributed by atoms with Gasteiger partial charge in [-0.2, -0.15) is 0 Å². The topological polar surface area (TPSA) is 36.4 Å². The fraction of sp³-hybridized carbons (Fsp3) is 0.464. The molecule has 0 bridgehead atoms. The zero-order valence-electron chi connectivity index (χ0n) is 20.9. The second-order valence-electron chi connectivity index (χ2n) is 8.93. The quantitative estimate of drug-likeness (QED) is 0.228. The molecule has 0 amide bonds. The third kappa shape index (κ3) is 9.25. The van der Waals surface area contributed by atoms with Gasteiger partial charge in [0.25, 0.3) is 0 Å². The van der Waals surface area contributed by atoms with Crippen LogP contribution in [0.2, 0.25) is 0 Å². The highest BCUT2D eigenvalue weighted by Gasteiger charge is 2.18. The van der Waals surface area contributed by atoms with Gasteiger partial charge in [0, 0.05) is 30.2 Å². The zero-order chi connectivity index (χ0) is 24.3. The highest BCUT2D eigenvalue weighted by Crippen LogP contribution is 2.25. The van der Waals surface area contributed by atoms with E-state index < -0.39 is 5.67 Å². The van der Waals surface area contributed by atoms with Gasteiger partial charge >= 0.3 is 0 Å². The van der Waals surface area contributed by atoms with Crippen molar-refractivity contribution in [1.82, 2.24) is 5.32 Å². The Kier molecular flexibility index (Phi) is 11.2. The van der Waals surface area contributed by atoms with Crippen LogP contribution in [0.1, 0.15) is 78.4 Å². The minimum atomic E-state index is -1.44. The lowest BCUT2D eigenvalue weighted by atomic mass is 10.0. The Morgan fingerprint density at radius 2 is 1.69 bits per heavy atom. The van der Waals surface area contributed by atoms with Crippen molar-refractivity contribution in [3.8, 4) is 0 Å². The van der Waals surface area contributed by atoms with Crippen molar-refractivity contribution >= 4 is 22.7 Å². The first-order chi connectivity index (χ1) is 15.0. The van der Waals surface area contributed by atoms with E-state index in [2.05, 4.69) is 67.4 Å². The maximum Gasteiger partial charge on any atom is 0.143 e. The summed E-state index contributed by atoms with van der Waals surface area (Å²) in [4.78, 5) is 4.25. The molecule has 0 heterocycles. The summed E-state index contributed by atoms with van der Waals surface area (Å²) in [5.41, 5.74) is 4.83. The third-order valence-electron chi connectivity index (χ3n) is 5.47. The molecule has 0 saturated carbocycles. The summed E-state index contributed by atoms with van der Waals surface area (Å²) in [6, 6.07) is 6.84. The van der Waals surface area contributed by atoms with Crippen molar-refractivity contribution in [1.29, 1.82) is 0 Å². The highest BCUT2D eigenvalue weighted by atomic mass is 19.1. The van der Waals surface area contributed by atoms with E-state index in [1.54, 1.807) is 19.2 Å². The Bertz CT molecular complexity index is 850. The van der Waals surface area contributed by atoms with E-state index in [1.807, 2.05) is 6.92 Å². The molecule has 0 aliphatic heterocycles. The highest BCUT2D eigenvalue weighted by molar-refractivity contribution is 5.90. The molecule has 1 aromatic carbocycles. The van der Waals surface area contributed by atoms with Crippen LogP contribution in [0.4, 0.5) is 10.1 Å². The average molecular weight is 440 g/mol. The maximum absolute atomic E-state index is 14.0. The number of hydrogen-bond donors (Lipinski definition) is 2. The van der Waals surface area contributed by atoms with Gasteiger partial charge in [0.05, 0.1) is 5.71 Å². The van der Waals surface area contributed by atoms with Gasteiger partial charge in [-0.3, -0.25) is 4.99 Å². The number of halogens is 1.